The zero-order chi connectivity index (χ0) is 25.4. The number of amides is 2. The molecule has 3 aliphatic heterocycles. The molecular weight excluding hydrogens is 458 g/mol. The van der Waals surface area contributed by atoms with Crippen molar-refractivity contribution < 1.29 is 19.1 Å². The molecule has 1 spiro atoms. The van der Waals surface area contributed by atoms with Gasteiger partial charge in [-0.2, -0.15) is 5.10 Å². The first-order chi connectivity index (χ1) is 17.6. The van der Waals surface area contributed by atoms with Gasteiger partial charge in [0, 0.05) is 19.4 Å². The van der Waals surface area contributed by atoms with Crippen molar-refractivity contribution in [3.05, 3.63) is 36.0 Å². The summed E-state index contributed by atoms with van der Waals surface area (Å²) >= 11 is 0. The van der Waals surface area contributed by atoms with E-state index in [9.17, 15) is 9.59 Å². The highest BCUT2D eigenvalue weighted by Crippen LogP contribution is 2.44. The van der Waals surface area contributed by atoms with E-state index in [1.165, 1.54) is 36.8 Å². The quantitative estimate of drug-likeness (QED) is 0.156. The summed E-state index contributed by atoms with van der Waals surface area (Å²) < 4.78 is 11.0. The van der Waals surface area contributed by atoms with Crippen LogP contribution in [0.1, 0.15) is 58.3 Å². The fourth-order valence-electron chi connectivity index (χ4n) is 5.06. The molecule has 0 aromatic heterocycles. The number of hydrogen-bond acceptors (Lipinski definition) is 7. The van der Waals surface area contributed by atoms with Crippen LogP contribution in [0.2, 0.25) is 0 Å². The predicted molar refractivity (Wildman–Crippen MR) is 140 cm³/mol. The molecule has 4 rings (SSSR count). The maximum Gasteiger partial charge on any atom is 0.319 e. The monoisotopic (exact) mass is 497 g/mol. The Bertz CT molecular complexity index is 950. The number of amidine groups is 1. The predicted octanol–water partition coefficient (Wildman–Crippen LogP) is 2.95. The third kappa shape index (κ3) is 6.13. The van der Waals surface area contributed by atoms with E-state index in [4.69, 9.17) is 9.47 Å². The Balaban J connectivity index is 1.31. The summed E-state index contributed by atoms with van der Waals surface area (Å²) in [6.07, 6.45) is 19.8. The van der Waals surface area contributed by atoms with Gasteiger partial charge in [-0.25, -0.2) is 4.90 Å². The maximum atomic E-state index is 13.0. The largest absolute Gasteiger partial charge is 0.467 e. The Labute approximate surface area is 214 Å². The Hall–Kier alpha value is -2.78. The zero-order valence-corrected chi connectivity index (χ0v) is 21.5. The van der Waals surface area contributed by atoms with Crippen LogP contribution in [0.15, 0.2) is 46.2 Å². The van der Waals surface area contributed by atoms with E-state index in [0.29, 0.717) is 12.6 Å². The van der Waals surface area contributed by atoms with Gasteiger partial charge in [0.2, 0.25) is 5.91 Å². The molecule has 3 fully saturated rings. The van der Waals surface area contributed by atoms with Crippen LogP contribution in [0.4, 0.5) is 0 Å². The van der Waals surface area contributed by atoms with E-state index >= 15 is 0 Å². The normalized spacial score (nSPS) is 28.1. The number of likely N-dealkylation sites (tertiary alicyclic amines) is 1. The average molecular weight is 498 g/mol. The molecular formula is C27H39N5O4. The van der Waals surface area contributed by atoms with Crippen LogP contribution < -0.4 is 5.32 Å². The number of ether oxygens (including phenoxy) is 2. The van der Waals surface area contributed by atoms with Gasteiger partial charge in [-0.3, -0.25) is 9.59 Å². The topological polar surface area (TPSA) is 95.6 Å². The summed E-state index contributed by atoms with van der Waals surface area (Å²) in [6.45, 7) is 5.14. The van der Waals surface area contributed by atoms with Gasteiger partial charge in [-0.15, -0.1) is 0 Å². The molecule has 2 amide bonds. The smallest absolute Gasteiger partial charge is 0.319 e. The molecule has 1 N–H and O–H groups in total. The summed E-state index contributed by atoms with van der Waals surface area (Å²) in [5.74, 6) is -0.202. The van der Waals surface area contributed by atoms with E-state index in [1.807, 2.05) is 18.2 Å². The van der Waals surface area contributed by atoms with Gasteiger partial charge in [-0.1, -0.05) is 55.2 Å². The fourth-order valence-corrected chi connectivity index (χ4v) is 5.06. The van der Waals surface area contributed by atoms with Crippen molar-refractivity contribution in [1.29, 1.82) is 0 Å². The summed E-state index contributed by atoms with van der Waals surface area (Å²) in [5.41, 5.74) is 0.256. The average Bonchev–Trinajstić information content (AvgIpc) is 3.16. The van der Waals surface area contributed by atoms with Crippen molar-refractivity contribution in [2.45, 2.75) is 76.0 Å². The van der Waals surface area contributed by atoms with Crippen molar-refractivity contribution in [1.82, 2.24) is 15.1 Å². The van der Waals surface area contributed by atoms with Crippen LogP contribution in [-0.2, 0) is 19.1 Å². The van der Waals surface area contributed by atoms with Gasteiger partial charge < -0.3 is 19.7 Å². The number of carbonyl (C=O) groups excluding carboxylic acids is 2. The number of unbranched alkanes of at least 4 members (excludes halogenated alkanes) is 2. The molecule has 0 bridgehead atoms. The Morgan fingerprint density at radius 2 is 2.22 bits per heavy atom. The second-order valence-corrected chi connectivity index (χ2v) is 9.83. The van der Waals surface area contributed by atoms with E-state index in [-0.39, 0.29) is 30.3 Å². The standard InChI is InChI=1S/C27H39N5O4/c1-3-4-5-15-28-19-21-9-6-10-22(14-13-21)31-20-27(18-24(31)33)25(34)32(27)26(35-2)30-29-16-7-11-23-12-8-17-36-23/h6,9-10,13-14,16,22-23,28H,3-5,7-8,11-12,15,17-20H2,1-2H3/b29-16+,30-26-. The summed E-state index contributed by atoms with van der Waals surface area (Å²) in [7, 11) is 1.47. The van der Waals surface area contributed by atoms with Crippen LogP contribution in [-0.4, -0.2) is 84.9 Å². The minimum absolute atomic E-state index is 0.0539. The highest BCUT2D eigenvalue weighted by Gasteiger charge is 2.71. The zero-order valence-electron chi connectivity index (χ0n) is 21.5. The minimum atomic E-state index is -0.912. The Morgan fingerprint density at radius 3 is 3.00 bits per heavy atom. The lowest BCUT2D eigenvalue weighted by Gasteiger charge is -2.22. The van der Waals surface area contributed by atoms with Crippen molar-refractivity contribution in [3.8, 4) is 0 Å². The lowest BCUT2D eigenvalue weighted by atomic mass is 10.1. The van der Waals surface area contributed by atoms with Crippen LogP contribution in [0.3, 0.4) is 0 Å². The van der Waals surface area contributed by atoms with E-state index in [0.717, 1.165) is 45.4 Å². The first kappa shape index (κ1) is 26.3. The first-order valence-corrected chi connectivity index (χ1v) is 13.2. The Kier molecular flexibility index (Phi) is 9.09. The maximum absolute atomic E-state index is 13.0. The number of methoxy groups -OCH3 is 1. The molecule has 4 aliphatic rings. The fraction of sp³-hybridized carbons (Fsp3) is 0.630. The highest BCUT2D eigenvalue weighted by molar-refractivity contribution is 6.18. The lowest BCUT2D eigenvalue weighted by Crippen LogP contribution is -2.36. The molecule has 3 unspecified atom stereocenters. The number of hydrogen-bond donors (Lipinski definition) is 1. The molecule has 0 aromatic carbocycles. The second-order valence-electron chi connectivity index (χ2n) is 9.83. The molecule has 36 heavy (non-hydrogen) atoms. The van der Waals surface area contributed by atoms with Gasteiger partial charge in [0.15, 0.2) is 5.54 Å². The van der Waals surface area contributed by atoms with Crippen molar-refractivity contribution in [2.75, 3.05) is 33.4 Å². The van der Waals surface area contributed by atoms with Crippen molar-refractivity contribution in [2.24, 2.45) is 10.2 Å². The summed E-state index contributed by atoms with van der Waals surface area (Å²) in [4.78, 5) is 29.0. The first-order valence-electron chi connectivity index (χ1n) is 13.2. The van der Waals surface area contributed by atoms with Crippen LogP contribution in [0.25, 0.3) is 0 Å². The molecule has 196 valence electrons. The summed E-state index contributed by atoms with van der Waals surface area (Å²) in [6, 6.07) is -0.0622. The van der Waals surface area contributed by atoms with E-state index < -0.39 is 5.54 Å². The number of nitrogens with one attached hydrogen (secondary N) is 1. The van der Waals surface area contributed by atoms with Gasteiger partial charge in [0.05, 0.1) is 32.2 Å². The molecule has 0 saturated carbocycles. The summed E-state index contributed by atoms with van der Waals surface area (Å²) in [5, 5.41) is 11.7. The Morgan fingerprint density at radius 1 is 1.33 bits per heavy atom. The molecule has 9 heteroatoms. The molecule has 1 aliphatic carbocycles. The van der Waals surface area contributed by atoms with Gasteiger partial charge in [0.25, 0.3) is 5.91 Å². The third-order valence-corrected chi connectivity index (χ3v) is 7.19. The van der Waals surface area contributed by atoms with E-state index in [2.05, 4.69) is 34.6 Å². The molecule has 9 nitrogen and oxygen atoms in total. The SMILES string of the molecule is CCCCCNCC1=CC=CC(N2CC3(CC2=O)C(=O)N3/C(=N/N=C/CCC2CCCO2)OC)C=C1. The molecule has 0 radical (unpaired) electrons. The molecule has 3 atom stereocenters. The minimum Gasteiger partial charge on any atom is -0.467 e. The van der Waals surface area contributed by atoms with Gasteiger partial charge in [0.1, 0.15) is 0 Å². The molecule has 3 heterocycles. The van der Waals surface area contributed by atoms with Crippen LogP contribution in [0.5, 0.6) is 0 Å². The van der Waals surface area contributed by atoms with Gasteiger partial charge >= 0.3 is 6.02 Å². The number of rotatable bonds is 11. The second kappa shape index (κ2) is 12.5. The number of carbonyl (C=O) groups is 2. The van der Waals surface area contributed by atoms with Gasteiger partial charge in [-0.05, 0) is 44.2 Å². The number of nitrogens with zero attached hydrogens (tertiary/aromatic N) is 4. The third-order valence-electron chi connectivity index (χ3n) is 7.19. The van der Waals surface area contributed by atoms with Crippen molar-refractivity contribution >= 4 is 24.1 Å². The molecule has 3 saturated heterocycles. The molecule has 0 aromatic rings. The van der Waals surface area contributed by atoms with Crippen molar-refractivity contribution in [3.63, 3.8) is 0 Å². The van der Waals surface area contributed by atoms with Crippen LogP contribution >= 0.6 is 0 Å². The van der Waals surface area contributed by atoms with E-state index in [1.54, 1.807) is 11.1 Å². The van der Waals surface area contributed by atoms with Crippen LogP contribution in [0, 0.1) is 0 Å². The lowest BCUT2D eigenvalue weighted by molar-refractivity contribution is -0.128. The highest BCUT2D eigenvalue weighted by atomic mass is 16.5. The number of allylic oxidation sites excluding steroid dienone is 2.